The number of amides is 1. The Morgan fingerprint density at radius 3 is 2.30 bits per heavy atom. The molecule has 30 heavy (non-hydrogen) atoms. The third kappa shape index (κ3) is 5.84. The average Bonchev–Trinajstić information content (AvgIpc) is 2.73. The fourth-order valence-corrected chi connectivity index (χ4v) is 3.54. The van der Waals surface area contributed by atoms with Crippen LogP contribution in [0.2, 0.25) is 0 Å². The van der Waals surface area contributed by atoms with Crippen LogP contribution in [0, 0.1) is 10.1 Å². The van der Waals surface area contributed by atoms with E-state index in [9.17, 15) is 28.1 Å². The third-order valence-corrected chi connectivity index (χ3v) is 5.53. The van der Waals surface area contributed by atoms with Gasteiger partial charge in [-0.3, -0.25) is 14.9 Å². The first-order chi connectivity index (χ1) is 14.2. The fourth-order valence-electron chi connectivity index (χ4n) is 2.47. The van der Waals surface area contributed by atoms with Crippen LogP contribution in [0.4, 0.5) is 11.4 Å². The summed E-state index contributed by atoms with van der Waals surface area (Å²) in [6.07, 6.45) is 1.56. The number of sulfonamides is 1. The van der Waals surface area contributed by atoms with E-state index in [1.807, 2.05) is 6.92 Å². The first-order valence-corrected chi connectivity index (χ1v) is 10.4. The van der Waals surface area contributed by atoms with Gasteiger partial charge in [-0.15, -0.1) is 0 Å². The van der Waals surface area contributed by atoms with E-state index in [2.05, 4.69) is 14.8 Å². The molecule has 2 rings (SSSR count). The summed E-state index contributed by atoms with van der Waals surface area (Å²) in [5.41, 5.74) is -0.430. The first kappa shape index (κ1) is 23.0. The van der Waals surface area contributed by atoms with E-state index in [0.29, 0.717) is 13.0 Å². The molecule has 0 spiro atoms. The summed E-state index contributed by atoms with van der Waals surface area (Å²) in [7, 11) is -2.53. The predicted molar refractivity (Wildman–Crippen MR) is 109 cm³/mol. The number of anilines is 1. The molecule has 2 N–H and O–H groups in total. The van der Waals surface area contributed by atoms with Crippen molar-refractivity contribution < 1.29 is 27.7 Å². The molecule has 0 aliphatic rings. The number of hydrogen-bond acceptors (Lipinski definition) is 7. The quantitative estimate of drug-likeness (QED) is 0.267. The van der Waals surface area contributed by atoms with Crippen LogP contribution in [0.25, 0.3) is 0 Å². The molecule has 0 saturated carbocycles. The van der Waals surface area contributed by atoms with Gasteiger partial charge in [0, 0.05) is 29.9 Å². The molecule has 2 aromatic rings. The molecule has 0 atom stereocenters. The normalized spacial score (nSPS) is 11.0. The Bertz CT molecular complexity index is 1050. The Hall–Kier alpha value is -3.31. The van der Waals surface area contributed by atoms with Crippen molar-refractivity contribution in [3.63, 3.8) is 0 Å². The van der Waals surface area contributed by atoms with Crippen molar-refractivity contribution in [1.82, 2.24) is 4.72 Å². The Balaban J connectivity index is 2.21. The minimum atomic E-state index is -3.65. The number of carbonyl (C=O) groups is 2. The minimum absolute atomic E-state index is 0.0416. The number of esters is 1. The largest absolute Gasteiger partial charge is 0.465 e. The van der Waals surface area contributed by atoms with Crippen molar-refractivity contribution >= 4 is 33.3 Å². The van der Waals surface area contributed by atoms with E-state index in [1.165, 1.54) is 30.3 Å². The van der Waals surface area contributed by atoms with Gasteiger partial charge in [-0.25, -0.2) is 17.9 Å². The highest BCUT2D eigenvalue weighted by Crippen LogP contribution is 2.20. The number of rotatable bonds is 9. The lowest BCUT2D eigenvalue weighted by Gasteiger charge is -2.09. The zero-order chi connectivity index (χ0) is 22.3. The van der Waals surface area contributed by atoms with E-state index >= 15 is 0 Å². The van der Waals surface area contributed by atoms with Crippen molar-refractivity contribution in [3.8, 4) is 0 Å². The van der Waals surface area contributed by atoms with Gasteiger partial charge in [0.15, 0.2) is 0 Å². The van der Waals surface area contributed by atoms with Gasteiger partial charge in [-0.05, 0) is 36.8 Å². The SMILES string of the molecule is CCCCNS(=O)(=O)c1ccc(NC(=O)c2cc(C(=O)OC)cc([N+](=O)[O-])c2)cc1. The molecule has 0 fully saturated rings. The van der Waals surface area contributed by atoms with Crippen molar-refractivity contribution in [2.24, 2.45) is 0 Å². The van der Waals surface area contributed by atoms with Gasteiger partial charge in [-0.2, -0.15) is 0 Å². The van der Waals surface area contributed by atoms with Crippen LogP contribution >= 0.6 is 0 Å². The van der Waals surface area contributed by atoms with Crippen LogP contribution in [0.3, 0.4) is 0 Å². The van der Waals surface area contributed by atoms with Crippen LogP contribution in [0.1, 0.15) is 40.5 Å². The number of nitrogens with zero attached hydrogens (tertiary/aromatic N) is 1. The highest BCUT2D eigenvalue weighted by molar-refractivity contribution is 7.89. The van der Waals surface area contributed by atoms with E-state index < -0.39 is 32.5 Å². The van der Waals surface area contributed by atoms with Crippen LogP contribution in [-0.4, -0.2) is 38.9 Å². The van der Waals surface area contributed by atoms with E-state index in [-0.39, 0.29) is 21.7 Å². The van der Waals surface area contributed by atoms with Gasteiger partial charge < -0.3 is 10.1 Å². The summed E-state index contributed by atoms with van der Waals surface area (Å²) in [6.45, 7) is 2.27. The highest BCUT2D eigenvalue weighted by atomic mass is 32.2. The number of ether oxygens (including phenoxy) is 1. The molecule has 11 heteroatoms. The lowest BCUT2D eigenvalue weighted by atomic mass is 10.1. The molecular weight excluding hydrogens is 414 g/mol. The molecule has 160 valence electrons. The number of unbranched alkanes of at least 4 members (excludes halogenated alkanes) is 1. The molecule has 10 nitrogen and oxygen atoms in total. The average molecular weight is 435 g/mol. The van der Waals surface area contributed by atoms with Crippen molar-refractivity contribution in [2.45, 2.75) is 24.7 Å². The standard InChI is InChI=1S/C19H21N3O7S/c1-3-4-9-20-30(27,28)17-7-5-15(6-8-17)21-18(23)13-10-14(19(24)29-2)12-16(11-13)22(25)26/h5-8,10-12,20H,3-4,9H2,1-2H3,(H,21,23). The number of nitro groups is 1. The number of benzene rings is 2. The minimum Gasteiger partial charge on any atom is -0.465 e. The van der Waals surface area contributed by atoms with Gasteiger partial charge in [0.25, 0.3) is 11.6 Å². The topological polar surface area (TPSA) is 145 Å². The molecule has 0 aliphatic carbocycles. The van der Waals surface area contributed by atoms with E-state index in [0.717, 1.165) is 25.7 Å². The Labute approximate surface area is 173 Å². The first-order valence-electron chi connectivity index (χ1n) is 8.97. The summed E-state index contributed by atoms with van der Waals surface area (Å²) in [5.74, 6) is -1.53. The molecule has 2 aromatic carbocycles. The smallest absolute Gasteiger partial charge is 0.338 e. The predicted octanol–water partition coefficient (Wildman–Crippen LogP) is 2.71. The number of hydrogen-bond donors (Lipinski definition) is 2. The van der Waals surface area contributed by atoms with Crippen LogP contribution in [0.5, 0.6) is 0 Å². The van der Waals surface area contributed by atoms with Gasteiger partial charge in [0.2, 0.25) is 10.0 Å². The second-order valence-electron chi connectivity index (χ2n) is 6.25. The van der Waals surface area contributed by atoms with E-state index in [4.69, 9.17) is 0 Å². The lowest BCUT2D eigenvalue weighted by molar-refractivity contribution is -0.384. The Morgan fingerprint density at radius 2 is 1.73 bits per heavy atom. The number of non-ortho nitro benzene ring substituents is 1. The van der Waals surface area contributed by atoms with Gasteiger partial charge >= 0.3 is 5.97 Å². The molecule has 1 amide bonds. The summed E-state index contributed by atoms with van der Waals surface area (Å²) in [6, 6.07) is 8.65. The highest BCUT2D eigenvalue weighted by Gasteiger charge is 2.19. The summed E-state index contributed by atoms with van der Waals surface area (Å²) >= 11 is 0. The molecule has 0 heterocycles. The lowest BCUT2D eigenvalue weighted by Crippen LogP contribution is -2.24. The molecular formula is C19H21N3O7S. The molecule has 0 saturated heterocycles. The monoisotopic (exact) mass is 435 g/mol. The van der Waals surface area contributed by atoms with Crippen molar-refractivity contribution in [2.75, 3.05) is 19.0 Å². The number of carbonyl (C=O) groups excluding carboxylic acids is 2. The second kappa shape index (κ2) is 9.94. The zero-order valence-corrected chi connectivity index (χ0v) is 17.2. The maximum absolute atomic E-state index is 12.5. The molecule has 0 aliphatic heterocycles. The Kier molecular flexibility index (Phi) is 7.61. The summed E-state index contributed by atoms with van der Waals surface area (Å²) < 4.78 is 31.4. The second-order valence-corrected chi connectivity index (χ2v) is 8.01. The molecule has 0 unspecified atom stereocenters. The number of nitrogens with one attached hydrogen (secondary N) is 2. The molecule has 0 aromatic heterocycles. The van der Waals surface area contributed by atoms with E-state index in [1.54, 1.807) is 0 Å². The third-order valence-electron chi connectivity index (χ3n) is 4.06. The summed E-state index contributed by atoms with van der Waals surface area (Å²) in [5, 5.41) is 13.6. The van der Waals surface area contributed by atoms with Crippen LogP contribution in [0.15, 0.2) is 47.4 Å². The number of methoxy groups -OCH3 is 1. The van der Waals surface area contributed by atoms with Crippen molar-refractivity contribution in [3.05, 3.63) is 63.7 Å². The van der Waals surface area contributed by atoms with Crippen LogP contribution in [-0.2, 0) is 14.8 Å². The van der Waals surface area contributed by atoms with Gasteiger partial charge in [0.05, 0.1) is 22.5 Å². The van der Waals surface area contributed by atoms with Crippen molar-refractivity contribution in [1.29, 1.82) is 0 Å². The molecule has 0 bridgehead atoms. The number of nitro benzene ring substituents is 1. The maximum Gasteiger partial charge on any atom is 0.338 e. The molecule has 0 radical (unpaired) electrons. The van der Waals surface area contributed by atoms with Crippen LogP contribution < -0.4 is 10.0 Å². The zero-order valence-electron chi connectivity index (χ0n) is 16.4. The van der Waals surface area contributed by atoms with Gasteiger partial charge in [0.1, 0.15) is 0 Å². The van der Waals surface area contributed by atoms with Gasteiger partial charge in [-0.1, -0.05) is 13.3 Å². The maximum atomic E-state index is 12.5. The Morgan fingerprint density at radius 1 is 1.10 bits per heavy atom. The summed E-state index contributed by atoms with van der Waals surface area (Å²) in [4.78, 5) is 34.6. The fraction of sp³-hybridized carbons (Fsp3) is 0.263.